The van der Waals surface area contributed by atoms with E-state index in [9.17, 15) is 0 Å². The fraction of sp³-hybridized carbons (Fsp3) is 0. The lowest BCUT2D eigenvalue weighted by Crippen LogP contribution is -2.11. The number of nitrogens with zero attached hydrogens (tertiary/aromatic N) is 2. The summed E-state index contributed by atoms with van der Waals surface area (Å²) in [5, 5.41) is 7.43. The Morgan fingerprint density at radius 3 is 1.81 bits per heavy atom. The normalized spacial score (nSPS) is 12.1. The molecule has 0 spiro atoms. The molecular weight excluding hydrogens is 653 g/mol. The first kappa shape index (κ1) is 30.5. The van der Waals surface area contributed by atoms with E-state index in [1.54, 1.807) is 0 Å². The quantitative estimate of drug-likeness (QED) is 0.164. The van der Waals surface area contributed by atoms with Gasteiger partial charge in [0, 0.05) is 33.2 Å². The summed E-state index contributed by atoms with van der Waals surface area (Å²) in [5.41, 5.74) is 15.3. The average Bonchev–Trinajstić information content (AvgIpc) is 3.72. The van der Waals surface area contributed by atoms with E-state index in [-0.39, 0.29) is 0 Å². The van der Waals surface area contributed by atoms with Crippen molar-refractivity contribution < 1.29 is 0 Å². The van der Waals surface area contributed by atoms with E-state index >= 15 is 0 Å². The largest absolute Gasteiger partial charge is 0.310 e. The highest BCUT2D eigenvalue weighted by molar-refractivity contribution is 6.15. The zero-order valence-electron chi connectivity index (χ0n) is 29.6. The van der Waals surface area contributed by atoms with Crippen LogP contribution in [0, 0.1) is 0 Å². The SMILES string of the molecule is C=C1c2ccccc2-c2ccc(N(c3ccc(-c4ccc5c(c4)c4ccccc4n5-c4ccccc4)cc3)c3cc4ccccc4c4ccccc34)cc21. The van der Waals surface area contributed by atoms with Crippen molar-refractivity contribution in [2.75, 3.05) is 4.90 Å². The predicted molar refractivity (Wildman–Crippen MR) is 229 cm³/mol. The van der Waals surface area contributed by atoms with Crippen LogP contribution in [0.3, 0.4) is 0 Å². The van der Waals surface area contributed by atoms with E-state index in [0.29, 0.717) is 0 Å². The number of benzene rings is 9. The molecule has 0 amide bonds. The van der Waals surface area contributed by atoms with Gasteiger partial charge in [0.15, 0.2) is 0 Å². The van der Waals surface area contributed by atoms with Crippen molar-refractivity contribution >= 4 is 66.0 Å². The van der Waals surface area contributed by atoms with Crippen LogP contribution in [0.25, 0.3) is 76.9 Å². The van der Waals surface area contributed by atoms with Crippen LogP contribution < -0.4 is 4.90 Å². The molecule has 0 fully saturated rings. The molecule has 0 unspecified atom stereocenters. The first-order valence-corrected chi connectivity index (χ1v) is 18.5. The van der Waals surface area contributed by atoms with Crippen LogP contribution in [0.5, 0.6) is 0 Å². The van der Waals surface area contributed by atoms with E-state index < -0.39 is 0 Å². The van der Waals surface area contributed by atoms with Crippen LogP contribution in [-0.2, 0) is 0 Å². The summed E-state index contributed by atoms with van der Waals surface area (Å²) >= 11 is 0. The second-order valence-corrected chi connectivity index (χ2v) is 14.2. The molecule has 0 bridgehead atoms. The standard InChI is InChI=1S/C52H34N2/c1-34-41-16-7-8-18-43(41)45-29-28-40(33-48(34)45)53(52-32-37-13-5-6-17-42(37)44-19-9-10-20-46(44)52)39-26-23-35(24-27-39)36-25-30-51-49(31-36)47-21-11-12-22-50(47)54(51)38-14-3-2-4-15-38/h2-33H,1H2. The number of fused-ring (bicyclic) bond motifs is 9. The molecule has 0 atom stereocenters. The van der Waals surface area contributed by atoms with Gasteiger partial charge in [0.05, 0.1) is 16.7 Å². The number of aromatic nitrogens is 1. The number of hydrogen-bond donors (Lipinski definition) is 0. The Labute approximate surface area is 314 Å². The molecular formula is C52H34N2. The molecule has 9 aromatic carbocycles. The summed E-state index contributed by atoms with van der Waals surface area (Å²) in [6.45, 7) is 4.56. The van der Waals surface area contributed by atoms with Gasteiger partial charge in [-0.2, -0.15) is 0 Å². The van der Waals surface area contributed by atoms with Crippen molar-refractivity contribution in [2.24, 2.45) is 0 Å². The molecule has 0 radical (unpaired) electrons. The minimum atomic E-state index is 1.07. The Morgan fingerprint density at radius 2 is 0.981 bits per heavy atom. The summed E-state index contributed by atoms with van der Waals surface area (Å²) in [6.07, 6.45) is 0. The Bertz CT molecular complexity index is 3110. The molecule has 0 saturated heterocycles. The molecule has 0 N–H and O–H groups in total. The van der Waals surface area contributed by atoms with Crippen LogP contribution in [0.4, 0.5) is 17.1 Å². The highest BCUT2D eigenvalue weighted by Crippen LogP contribution is 2.48. The van der Waals surface area contributed by atoms with Gasteiger partial charge in [0.25, 0.3) is 0 Å². The van der Waals surface area contributed by atoms with Gasteiger partial charge in [-0.3, -0.25) is 0 Å². The van der Waals surface area contributed by atoms with E-state index in [1.165, 1.54) is 82.4 Å². The van der Waals surface area contributed by atoms with Gasteiger partial charge in [-0.1, -0.05) is 140 Å². The fourth-order valence-corrected chi connectivity index (χ4v) is 8.74. The Hall–Kier alpha value is -7.16. The lowest BCUT2D eigenvalue weighted by Gasteiger charge is -2.28. The smallest absolute Gasteiger partial charge is 0.0546 e. The van der Waals surface area contributed by atoms with E-state index in [1.807, 2.05) is 0 Å². The number of rotatable bonds is 5. The molecule has 2 heteroatoms. The van der Waals surface area contributed by atoms with Crippen molar-refractivity contribution in [3.05, 3.63) is 212 Å². The maximum Gasteiger partial charge on any atom is 0.0546 e. The molecule has 0 saturated carbocycles. The molecule has 1 aromatic heterocycles. The summed E-state index contributed by atoms with van der Waals surface area (Å²) in [6, 6.07) is 70.6. The molecule has 1 aliphatic rings. The van der Waals surface area contributed by atoms with Gasteiger partial charge in [-0.05, 0) is 116 Å². The van der Waals surface area contributed by atoms with Crippen molar-refractivity contribution in [1.82, 2.24) is 4.57 Å². The average molecular weight is 687 g/mol. The zero-order valence-corrected chi connectivity index (χ0v) is 29.6. The van der Waals surface area contributed by atoms with Crippen molar-refractivity contribution in [3.63, 3.8) is 0 Å². The molecule has 1 aliphatic carbocycles. The topological polar surface area (TPSA) is 8.17 Å². The van der Waals surface area contributed by atoms with E-state index in [0.717, 1.165) is 22.6 Å². The van der Waals surface area contributed by atoms with E-state index in [2.05, 4.69) is 210 Å². The molecule has 0 aliphatic heterocycles. The second kappa shape index (κ2) is 11.9. The first-order valence-electron chi connectivity index (χ1n) is 18.5. The van der Waals surface area contributed by atoms with Crippen molar-refractivity contribution in [1.29, 1.82) is 0 Å². The van der Waals surface area contributed by atoms with Crippen molar-refractivity contribution in [3.8, 4) is 27.9 Å². The van der Waals surface area contributed by atoms with Crippen LogP contribution in [0.2, 0.25) is 0 Å². The molecule has 54 heavy (non-hydrogen) atoms. The monoisotopic (exact) mass is 686 g/mol. The van der Waals surface area contributed by atoms with E-state index in [4.69, 9.17) is 0 Å². The van der Waals surface area contributed by atoms with Crippen LogP contribution in [0.15, 0.2) is 201 Å². The lowest BCUT2D eigenvalue weighted by molar-refractivity contribution is 1.18. The summed E-state index contributed by atoms with van der Waals surface area (Å²) in [5.74, 6) is 0. The third-order valence-corrected chi connectivity index (χ3v) is 11.3. The van der Waals surface area contributed by atoms with Crippen LogP contribution >= 0.6 is 0 Å². The second-order valence-electron chi connectivity index (χ2n) is 14.2. The maximum absolute atomic E-state index is 4.56. The van der Waals surface area contributed by atoms with Crippen LogP contribution in [-0.4, -0.2) is 4.57 Å². The highest BCUT2D eigenvalue weighted by Gasteiger charge is 2.25. The third kappa shape index (κ3) is 4.60. The first-order chi connectivity index (χ1) is 26.7. The van der Waals surface area contributed by atoms with Crippen LogP contribution in [0.1, 0.15) is 11.1 Å². The van der Waals surface area contributed by atoms with Crippen molar-refractivity contribution in [2.45, 2.75) is 0 Å². The zero-order chi connectivity index (χ0) is 35.8. The fourth-order valence-electron chi connectivity index (χ4n) is 8.74. The van der Waals surface area contributed by atoms with Gasteiger partial charge in [0.2, 0.25) is 0 Å². The van der Waals surface area contributed by atoms with Gasteiger partial charge in [-0.25, -0.2) is 0 Å². The molecule has 252 valence electrons. The Morgan fingerprint density at radius 1 is 0.370 bits per heavy atom. The molecule has 2 nitrogen and oxygen atoms in total. The predicted octanol–water partition coefficient (Wildman–Crippen LogP) is 14.3. The third-order valence-electron chi connectivity index (χ3n) is 11.3. The summed E-state index contributed by atoms with van der Waals surface area (Å²) in [4.78, 5) is 2.42. The number of hydrogen-bond acceptors (Lipinski definition) is 1. The molecule has 10 aromatic rings. The minimum absolute atomic E-state index is 1.07. The lowest BCUT2D eigenvalue weighted by atomic mass is 9.98. The van der Waals surface area contributed by atoms with Gasteiger partial charge in [0.1, 0.15) is 0 Å². The minimum Gasteiger partial charge on any atom is -0.310 e. The number of anilines is 3. The molecule has 11 rings (SSSR count). The molecule has 1 heterocycles. The Balaban J connectivity index is 1.07. The number of para-hydroxylation sites is 2. The van der Waals surface area contributed by atoms with Gasteiger partial charge < -0.3 is 9.47 Å². The van der Waals surface area contributed by atoms with Gasteiger partial charge >= 0.3 is 0 Å². The summed E-state index contributed by atoms with van der Waals surface area (Å²) < 4.78 is 2.37. The maximum atomic E-state index is 4.56. The highest BCUT2D eigenvalue weighted by atomic mass is 15.1. The van der Waals surface area contributed by atoms with Gasteiger partial charge in [-0.15, -0.1) is 0 Å². The summed E-state index contributed by atoms with van der Waals surface area (Å²) in [7, 11) is 0. The Kier molecular flexibility index (Phi) is 6.74.